The van der Waals surface area contributed by atoms with Crippen LogP contribution in [0.15, 0.2) is 59.1 Å². The van der Waals surface area contributed by atoms with E-state index in [0.717, 1.165) is 24.5 Å². The molecule has 0 spiro atoms. The minimum Gasteiger partial charge on any atom is -0.489 e. The van der Waals surface area contributed by atoms with Gasteiger partial charge in [-0.3, -0.25) is 0 Å². The highest BCUT2D eigenvalue weighted by Gasteiger charge is 2.34. The molecule has 5 aromatic rings. The van der Waals surface area contributed by atoms with Crippen molar-refractivity contribution >= 4 is 44.3 Å². The Balaban J connectivity index is 1.05. The van der Waals surface area contributed by atoms with Gasteiger partial charge in [0.15, 0.2) is 10.9 Å². The average molecular weight is 656 g/mol. The number of hydrogen-bond donors (Lipinski definition) is 0. The average Bonchev–Trinajstić information content (AvgIpc) is 3.61. The second-order valence-corrected chi connectivity index (χ2v) is 12.3. The molecule has 0 unspecified atom stereocenters. The van der Waals surface area contributed by atoms with Gasteiger partial charge in [-0.1, -0.05) is 46.3 Å². The summed E-state index contributed by atoms with van der Waals surface area (Å²) in [7, 11) is 1.25. The molecule has 2 aliphatic rings. The molecule has 232 valence electrons. The topological polar surface area (TPSA) is 86.9 Å². The maximum Gasteiger partial charge on any atom is 0.387 e. The minimum absolute atomic E-state index is 0.00765. The van der Waals surface area contributed by atoms with Crippen molar-refractivity contribution in [2.45, 2.75) is 37.9 Å². The van der Waals surface area contributed by atoms with E-state index in [1.165, 1.54) is 24.5 Å². The molecule has 2 fully saturated rings. The normalized spacial score (nSPS) is 15.0. The summed E-state index contributed by atoms with van der Waals surface area (Å²) in [5.74, 6) is 0.396. The molecule has 45 heavy (non-hydrogen) atoms. The molecule has 8 nitrogen and oxygen atoms in total. The van der Waals surface area contributed by atoms with Crippen LogP contribution in [0.2, 0.25) is 5.02 Å². The van der Waals surface area contributed by atoms with E-state index >= 15 is 0 Å². The van der Waals surface area contributed by atoms with Crippen molar-refractivity contribution in [2.75, 3.05) is 25.1 Å². The number of aromatic nitrogens is 2. The number of alkyl halides is 2. The molecule has 2 aromatic heterocycles. The van der Waals surface area contributed by atoms with Gasteiger partial charge in [0.2, 0.25) is 0 Å². The van der Waals surface area contributed by atoms with E-state index < -0.39 is 18.4 Å². The molecular weight excluding hydrogens is 631 g/mol. The third kappa shape index (κ3) is 5.80. The SMILES string of the molecule is COC(=O)c1cc(F)c2nc(N3CC(c4ccc(OCc5c(-c6ccccc6OC(F)F)noc5C5CC5)cc4Cl)C3)sc2c1. The smallest absolute Gasteiger partial charge is 0.387 e. The quantitative estimate of drug-likeness (QED) is 0.139. The second-order valence-electron chi connectivity index (χ2n) is 10.9. The number of nitrogens with zero attached hydrogens (tertiary/aromatic N) is 3. The molecule has 7 rings (SSSR count). The summed E-state index contributed by atoms with van der Waals surface area (Å²) in [6.07, 6.45) is 1.91. The highest BCUT2D eigenvalue weighted by molar-refractivity contribution is 7.22. The number of anilines is 1. The van der Waals surface area contributed by atoms with Crippen LogP contribution in [-0.2, 0) is 11.3 Å². The van der Waals surface area contributed by atoms with Crippen LogP contribution in [0.5, 0.6) is 11.5 Å². The molecular formula is C32H25ClF3N3O5S. The van der Waals surface area contributed by atoms with E-state index in [-0.39, 0.29) is 35.3 Å². The van der Waals surface area contributed by atoms with Gasteiger partial charge in [0.1, 0.15) is 35.1 Å². The first kappa shape index (κ1) is 29.4. The van der Waals surface area contributed by atoms with Gasteiger partial charge in [-0.2, -0.15) is 8.78 Å². The number of halogens is 4. The summed E-state index contributed by atoms with van der Waals surface area (Å²) in [6, 6.07) is 14.7. The molecule has 1 saturated carbocycles. The number of hydrogen-bond acceptors (Lipinski definition) is 9. The molecule has 0 atom stereocenters. The number of benzene rings is 3. The summed E-state index contributed by atoms with van der Waals surface area (Å²) >= 11 is 8.02. The number of fused-ring (bicyclic) bond motifs is 1. The molecule has 3 aromatic carbocycles. The first-order valence-corrected chi connectivity index (χ1v) is 15.4. The van der Waals surface area contributed by atoms with Crippen molar-refractivity contribution in [1.82, 2.24) is 10.1 Å². The number of carbonyl (C=O) groups is 1. The number of carbonyl (C=O) groups excluding carboxylic acids is 1. The summed E-state index contributed by atoms with van der Waals surface area (Å²) in [4.78, 5) is 18.4. The molecule has 0 bridgehead atoms. The van der Waals surface area contributed by atoms with E-state index in [0.29, 0.717) is 56.3 Å². The zero-order valence-electron chi connectivity index (χ0n) is 23.8. The number of thiazole rings is 1. The monoisotopic (exact) mass is 655 g/mol. The van der Waals surface area contributed by atoms with Crippen LogP contribution in [0.3, 0.4) is 0 Å². The van der Waals surface area contributed by atoms with Crippen LogP contribution in [0.25, 0.3) is 21.5 Å². The highest BCUT2D eigenvalue weighted by Crippen LogP contribution is 2.46. The number of esters is 1. The fraction of sp³-hybridized carbons (Fsp3) is 0.281. The Morgan fingerprint density at radius 2 is 1.93 bits per heavy atom. The van der Waals surface area contributed by atoms with E-state index in [4.69, 9.17) is 30.3 Å². The Labute approximate surface area is 264 Å². The zero-order valence-corrected chi connectivity index (χ0v) is 25.3. The molecule has 0 radical (unpaired) electrons. The van der Waals surface area contributed by atoms with Crippen LogP contribution in [0.4, 0.5) is 18.3 Å². The number of para-hydroxylation sites is 1. The lowest BCUT2D eigenvalue weighted by Gasteiger charge is -2.39. The summed E-state index contributed by atoms with van der Waals surface area (Å²) in [6.45, 7) is -1.60. The van der Waals surface area contributed by atoms with Gasteiger partial charge in [-0.05, 0) is 54.8 Å². The fourth-order valence-corrected chi connectivity index (χ4v) is 6.83. The van der Waals surface area contributed by atoms with Gasteiger partial charge >= 0.3 is 12.6 Å². The van der Waals surface area contributed by atoms with Crippen LogP contribution in [0, 0.1) is 5.82 Å². The maximum atomic E-state index is 14.6. The zero-order chi connectivity index (χ0) is 31.2. The van der Waals surface area contributed by atoms with Crippen LogP contribution >= 0.6 is 22.9 Å². The van der Waals surface area contributed by atoms with Gasteiger partial charge in [0.25, 0.3) is 0 Å². The lowest BCUT2D eigenvalue weighted by atomic mass is 9.92. The first-order valence-electron chi connectivity index (χ1n) is 14.2. The van der Waals surface area contributed by atoms with Crippen LogP contribution < -0.4 is 14.4 Å². The predicted molar refractivity (Wildman–Crippen MR) is 162 cm³/mol. The molecule has 1 saturated heterocycles. The fourth-order valence-electron chi connectivity index (χ4n) is 5.46. The van der Waals surface area contributed by atoms with E-state index in [1.54, 1.807) is 30.3 Å². The van der Waals surface area contributed by atoms with Crippen molar-refractivity contribution < 1.29 is 36.7 Å². The third-order valence-corrected chi connectivity index (χ3v) is 9.32. The Morgan fingerprint density at radius 3 is 2.67 bits per heavy atom. The lowest BCUT2D eigenvalue weighted by molar-refractivity contribution is -0.0494. The van der Waals surface area contributed by atoms with Gasteiger partial charge in [0, 0.05) is 35.5 Å². The molecule has 13 heteroatoms. The highest BCUT2D eigenvalue weighted by atomic mass is 35.5. The van der Waals surface area contributed by atoms with Crippen molar-refractivity contribution in [3.63, 3.8) is 0 Å². The summed E-state index contributed by atoms with van der Waals surface area (Å²) < 4.78 is 62.5. The molecule has 0 N–H and O–H groups in total. The maximum absolute atomic E-state index is 14.6. The van der Waals surface area contributed by atoms with E-state index in [1.807, 2.05) is 17.0 Å². The Bertz CT molecular complexity index is 1900. The number of ether oxygens (including phenoxy) is 3. The predicted octanol–water partition coefficient (Wildman–Crippen LogP) is 8.19. The largest absolute Gasteiger partial charge is 0.489 e. The third-order valence-electron chi connectivity index (χ3n) is 7.93. The van der Waals surface area contributed by atoms with Crippen LogP contribution in [-0.4, -0.2) is 42.9 Å². The molecule has 1 aliphatic heterocycles. The van der Waals surface area contributed by atoms with Crippen molar-refractivity contribution in [1.29, 1.82) is 0 Å². The second kappa shape index (κ2) is 11.9. The molecule has 3 heterocycles. The van der Waals surface area contributed by atoms with Crippen LogP contribution in [0.1, 0.15) is 51.9 Å². The minimum atomic E-state index is -2.98. The Hall–Kier alpha value is -4.29. The number of rotatable bonds is 10. The molecule has 0 amide bonds. The van der Waals surface area contributed by atoms with Gasteiger partial charge in [-0.15, -0.1) is 0 Å². The van der Waals surface area contributed by atoms with E-state index in [2.05, 4.69) is 10.1 Å². The standard InChI is InChI=1S/C32H25ClF3N3O5S/c1-41-30(40)17-10-24(34)28-26(11-17)45-32(37-28)39-13-18(14-39)20-9-8-19(12-23(20)33)42-15-22-27(38-44-29(22)16-6-7-16)21-4-2-3-5-25(21)43-31(35)36/h2-5,8-12,16,18,31H,6-7,13-15H2,1H3. The molecule has 1 aliphatic carbocycles. The number of methoxy groups -OCH3 is 1. The van der Waals surface area contributed by atoms with Gasteiger partial charge in [0.05, 0.1) is 22.9 Å². The van der Waals surface area contributed by atoms with E-state index in [9.17, 15) is 18.0 Å². The van der Waals surface area contributed by atoms with Crippen molar-refractivity contribution in [2.24, 2.45) is 0 Å². The Morgan fingerprint density at radius 1 is 1.13 bits per heavy atom. The van der Waals surface area contributed by atoms with Gasteiger partial charge < -0.3 is 23.6 Å². The van der Waals surface area contributed by atoms with Crippen molar-refractivity contribution in [3.05, 3.63) is 87.9 Å². The van der Waals surface area contributed by atoms with Gasteiger partial charge in [-0.25, -0.2) is 14.2 Å². The Kier molecular flexibility index (Phi) is 7.78. The first-order chi connectivity index (χ1) is 21.8. The summed E-state index contributed by atoms with van der Waals surface area (Å²) in [5.41, 5.74) is 2.79. The summed E-state index contributed by atoms with van der Waals surface area (Å²) in [5, 5.41) is 5.41. The van der Waals surface area contributed by atoms with Crippen molar-refractivity contribution in [3.8, 4) is 22.8 Å². The lowest BCUT2D eigenvalue weighted by Crippen LogP contribution is -2.45.